The summed E-state index contributed by atoms with van der Waals surface area (Å²) in [6, 6.07) is 13.4. The molecule has 0 aromatic heterocycles. The summed E-state index contributed by atoms with van der Waals surface area (Å²) in [4.78, 5) is 23.7. The molecular weight excluding hydrogens is 336 g/mol. The number of anilines is 2. The molecule has 27 heavy (non-hydrogen) atoms. The van der Waals surface area contributed by atoms with Gasteiger partial charge in [0.05, 0.1) is 0 Å². The summed E-state index contributed by atoms with van der Waals surface area (Å²) in [7, 11) is 0. The Morgan fingerprint density at radius 2 is 1.52 bits per heavy atom. The van der Waals surface area contributed by atoms with E-state index in [2.05, 4.69) is 56.5 Å². The fourth-order valence-corrected chi connectivity index (χ4v) is 3.10. The lowest BCUT2D eigenvalue weighted by molar-refractivity contribution is -0.115. The minimum absolute atomic E-state index is 0.0146. The van der Waals surface area contributed by atoms with Gasteiger partial charge < -0.3 is 10.6 Å². The van der Waals surface area contributed by atoms with Crippen LogP contribution in [0, 0.1) is 0 Å². The molecule has 1 amide bonds. The van der Waals surface area contributed by atoms with Crippen molar-refractivity contribution in [2.75, 3.05) is 17.2 Å². The highest BCUT2D eigenvalue weighted by Crippen LogP contribution is 2.32. The van der Waals surface area contributed by atoms with Crippen molar-refractivity contribution in [1.82, 2.24) is 0 Å². The van der Waals surface area contributed by atoms with Crippen LogP contribution in [-0.4, -0.2) is 18.2 Å². The predicted octanol–water partition coefficient (Wildman–Crippen LogP) is 5.58. The van der Waals surface area contributed by atoms with Crippen LogP contribution in [0.1, 0.15) is 74.4 Å². The van der Waals surface area contributed by atoms with E-state index in [1.807, 2.05) is 0 Å². The lowest BCUT2D eigenvalue weighted by Gasteiger charge is -2.20. The Morgan fingerprint density at radius 1 is 0.926 bits per heavy atom. The molecular formula is C23H30N2O2. The summed E-state index contributed by atoms with van der Waals surface area (Å²) < 4.78 is 0. The van der Waals surface area contributed by atoms with Crippen molar-refractivity contribution in [3.63, 3.8) is 0 Å². The highest BCUT2D eigenvalue weighted by atomic mass is 16.1. The van der Waals surface area contributed by atoms with Crippen LogP contribution in [0.2, 0.25) is 0 Å². The molecule has 0 aliphatic heterocycles. The van der Waals surface area contributed by atoms with E-state index in [0.29, 0.717) is 36.1 Å². The molecule has 4 heteroatoms. The second-order valence-electron chi connectivity index (χ2n) is 7.48. The van der Waals surface area contributed by atoms with Gasteiger partial charge in [0.2, 0.25) is 5.91 Å². The topological polar surface area (TPSA) is 58.2 Å². The van der Waals surface area contributed by atoms with Gasteiger partial charge in [-0.2, -0.15) is 0 Å². The molecule has 144 valence electrons. The third kappa shape index (κ3) is 5.68. The van der Waals surface area contributed by atoms with Gasteiger partial charge in [0, 0.05) is 29.9 Å². The summed E-state index contributed by atoms with van der Waals surface area (Å²) in [5, 5.41) is 6.34. The highest BCUT2D eigenvalue weighted by Gasteiger charge is 2.14. The number of benzene rings is 2. The monoisotopic (exact) mass is 366 g/mol. The van der Waals surface area contributed by atoms with Crippen molar-refractivity contribution in [2.45, 2.75) is 52.9 Å². The van der Waals surface area contributed by atoms with Crippen LogP contribution in [0.15, 0.2) is 42.5 Å². The molecule has 0 saturated carbocycles. The number of nitrogens with one attached hydrogen (secondary N) is 2. The van der Waals surface area contributed by atoms with Crippen LogP contribution < -0.4 is 10.6 Å². The molecule has 0 radical (unpaired) electrons. The molecule has 0 fully saturated rings. The second kappa shape index (κ2) is 9.36. The summed E-state index contributed by atoms with van der Waals surface area (Å²) in [5.74, 6) is 0.735. The number of rotatable bonds is 8. The fourth-order valence-electron chi connectivity index (χ4n) is 3.10. The molecule has 0 aliphatic rings. The molecule has 2 rings (SSSR count). The van der Waals surface area contributed by atoms with Crippen LogP contribution in [0.25, 0.3) is 0 Å². The molecule has 2 N–H and O–H groups in total. The molecule has 0 bridgehead atoms. The van der Waals surface area contributed by atoms with Crippen molar-refractivity contribution in [3.8, 4) is 0 Å². The average molecular weight is 367 g/mol. The van der Waals surface area contributed by atoms with Gasteiger partial charge in [-0.3, -0.25) is 9.59 Å². The third-order valence-electron chi connectivity index (χ3n) is 4.58. The van der Waals surface area contributed by atoms with Crippen molar-refractivity contribution in [3.05, 3.63) is 59.2 Å². The van der Waals surface area contributed by atoms with Crippen LogP contribution in [0.4, 0.5) is 11.4 Å². The number of hydrogen-bond donors (Lipinski definition) is 2. The molecule has 0 saturated heterocycles. The Hall–Kier alpha value is -2.62. The zero-order chi connectivity index (χ0) is 20.0. The van der Waals surface area contributed by atoms with Crippen LogP contribution in [-0.2, 0) is 4.79 Å². The second-order valence-corrected chi connectivity index (χ2v) is 7.48. The van der Waals surface area contributed by atoms with Crippen molar-refractivity contribution < 1.29 is 9.59 Å². The van der Waals surface area contributed by atoms with Gasteiger partial charge in [0.15, 0.2) is 5.78 Å². The van der Waals surface area contributed by atoms with Crippen molar-refractivity contribution in [1.29, 1.82) is 0 Å². The van der Waals surface area contributed by atoms with E-state index >= 15 is 0 Å². The number of Topliss-reactive ketones (excluding diaryl/α,β-unsaturated/α-hetero) is 1. The van der Waals surface area contributed by atoms with Crippen LogP contribution in [0.5, 0.6) is 0 Å². The largest absolute Gasteiger partial charge is 0.384 e. The SMILES string of the molecule is CC(=O)c1cccc(NC(=O)CCNc2c(C(C)C)cccc2C(C)C)c1. The first-order chi connectivity index (χ1) is 12.8. The number of hydrogen-bond acceptors (Lipinski definition) is 3. The fraction of sp³-hybridized carbons (Fsp3) is 0.391. The van der Waals surface area contributed by atoms with Crippen molar-refractivity contribution in [2.24, 2.45) is 0 Å². The van der Waals surface area contributed by atoms with E-state index in [1.54, 1.807) is 24.3 Å². The number of amides is 1. The summed E-state index contributed by atoms with van der Waals surface area (Å²) >= 11 is 0. The zero-order valence-corrected chi connectivity index (χ0v) is 16.9. The van der Waals surface area contributed by atoms with Crippen LogP contribution in [0.3, 0.4) is 0 Å². The Labute approximate surface area is 162 Å². The quantitative estimate of drug-likeness (QED) is 0.600. The van der Waals surface area contributed by atoms with E-state index in [9.17, 15) is 9.59 Å². The minimum Gasteiger partial charge on any atom is -0.384 e. The normalized spacial score (nSPS) is 10.9. The molecule has 4 nitrogen and oxygen atoms in total. The lowest BCUT2D eigenvalue weighted by atomic mass is 9.92. The number of carbonyl (C=O) groups excluding carboxylic acids is 2. The molecule has 2 aromatic rings. The number of para-hydroxylation sites is 1. The molecule has 0 spiro atoms. The standard InChI is InChI=1S/C23H30N2O2/c1-15(2)20-10-7-11-21(16(3)4)23(20)24-13-12-22(27)25-19-9-6-8-18(14-19)17(5)26/h6-11,14-16,24H,12-13H2,1-5H3,(H,25,27). The van der Waals surface area contributed by atoms with Gasteiger partial charge in [-0.25, -0.2) is 0 Å². The predicted molar refractivity (Wildman–Crippen MR) is 113 cm³/mol. The first-order valence-corrected chi connectivity index (χ1v) is 9.57. The Balaban J connectivity index is 2.01. The van der Waals surface area contributed by atoms with Crippen LogP contribution >= 0.6 is 0 Å². The zero-order valence-electron chi connectivity index (χ0n) is 16.9. The summed E-state index contributed by atoms with van der Waals surface area (Å²) in [6.45, 7) is 10.8. The third-order valence-corrected chi connectivity index (χ3v) is 4.58. The maximum atomic E-state index is 12.3. The van der Waals surface area contributed by atoms with E-state index < -0.39 is 0 Å². The molecule has 0 unspecified atom stereocenters. The maximum absolute atomic E-state index is 12.3. The van der Waals surface area contributed by atoms with Crippen molar-refractivity contribution >= 4 is 23.1 Å². The summed E-state index contributed by atoms with van der Waals surface area (Å²) in [5.41, 5.74) is 4.94. The molecule has 0 aliphatic carbocycles. The maximum Gasteiger partial charge on any atom is 0.226 e. The van der Waals surface area contributed by atoms with Gasteiger partial charge in [0.1, 0.15) is 0 Å². The lowest BCUT2D eigenvalue weighted by Crippen LogP contribution is -2.17. The molecule has 0 heterocycles. The number of ketones is 1. The smallest absolute Gasteiger partial charge is 0.226 e. The summed E-state index contributed by atoms with van der Waals surface area (Å²) in [6.07, 6.45) is 0.355. The minimum atomic E-state index is -0.0728. The Morgan fingerprint density at radius 3 is 2.07 bits per heavy atom. The van der Waals surface area contributed by atoms with E-state index in [1.165, 1.54) is 18.1 Å². The Bertz CT molecular complexity index is 784. The van der Waals surface area contributed by atoms with E-state index in [0.717, 1.165) is 5.69 Å². The first-order valence-electron chi connectivity index (χ1n) is 9.57. The van der Waals surface area contributed by atoms with Gasteiger partial charge in [-0.05, 0) is 42.0 Å². The highest BCUT2D eigenvalue weighted by molar-refractivity contribution is 5.97. The Kier molecular flexibility index (Phi) is 7.17. The first kappa shape index (κ1) is 20.7. The molecule has 2 aromatic carbocycles. The average Bonchev–Trinajstić information content (AvgIpc) is 2.61. The molecule has 0 atom stereocenters. The number of carbonyl (C=O) groups is 2. The van der Waals surface area contributed by atoms with E-state index in [-0.39, 0.29) is 11.7 Å². The van der Waals surface area contributed by atoms with Gasteiger partial charge in [0.25, 0.3) is 0 Å². The van der Waals surface area contributed by atoms with Gasteiger partial charge in [-0.1, -0.05) is 58.0 Å². The van der Waals surface area contributed by atoms with Gasteiger partial charge in [-0.15, -0.1) is 0 Å². The van der Waals surface area contributed by atoms with Gasteiger partial charge >= 0.3 is 0 Å². The van der Waals surface area contributed by atoms with E-state index in [4.69, 9.17) is 0 Å².